The third-order valence-corrected chi connectivity index (χ3v) is 4.49. The molecule has 27 heavy (non-hydrogen) atoms. The molecule has 0 bridgehead atoms. The lowest BCUT2D eigenvalue weighted by atomic mass is 9.80. The van der Waals surface area contributed by atoms with Gasteiger partial charge < -0.3 is 23.7 Å². The Bertz CT molecular complexity index is 612. The minimum Gasteiger partial charge on any atom is -0.462 e. The summed E-state index contributed by atoms with van der Waals surface area (Å²) in [7, 11) is 0. The standard InChI is InChI=1S/C18H26O9/c1-9(19)23-8-14(24-10(2)20)17(25-11(3)21)16-12-6-15(22)26-13(12)7-18(4,5)27-16/h12-14,16-17H,6-8H2,1-5H3. The van der Waals surface area contributed by atoms with Crippen molar-refractivity contribution in [3.05, 3.63) is 0 Å². The van der Waals surface area contributed by atoms with Crippen LogP contribution in [0.1, 0.15) is 47.5 Å². The van der Waals surface area contributed by atoms with E-state index in [-0.39, 0.29) is 24.9 Å². The van der Waals surface area contributed by atoms with Crippen molar-refractivity contribution < 1.29 is 42.9 Å². The highest BCUT2D eigenvalue weighted by molar-refractivity contribution is 5.72. The molecule has 2 aliphatic heterocycles. The van der Waals surface area contributed by atoms with Crippen molar-refractivity contribution in [1.82, 2.24) is 0 Å². The van der Waals surface area contributed by atoms with Crippen LogP contribution in [-0.4, -0.2) is 60.5 Å². The largest absolute Gasteiger partial charge is 0.462 e. The highest BCUT2D eigenvalue weighted by Crippen LogP contribution is 2.42. The Morgan fingerprint density at radius 2 is 1.74 bits per heavy atom. The SMILES string of the molecule is CC(=O)OCC(OC(C)=O)C(OC(C)=O)C1OC(C)(C)CC2OC(=O)CC21. The zero-order valence-corrected chi connectivity index (χ0v) is 16.2. The first-order valence-electron chi connectivity index (χ1n) is 8.83. The average Bonchev–Trinajstić information content (AvgIpc) is 2.86. The minimum atomic E-state index is -1.08. The summed E-state index contributed by atoms with van der Waals surface area (Å²) >= 11 is 0. The number of carbonyl (C=O) groups is 4. The van der Waals surface area contributed by atoms with Crippen molar-refractivity contribution in [2.45, 2.75) is 77.5 Å². The van der Waals surface area contributed by atoms with Gasteiger partial charge in [0.15, 0.2) is 12.2 Å². The maximum absolute atomic E-state index is 11.8. The van der Waals surface area contributed by atoms with Crippen LogP contribution in [0.15, 0.2) is 0 Å². The van der Waals surface area contributed by atoms with E-state index >= 15 is 0 Å². The van der Waals surface area contributed by atoms with Crippen LogP contribution < -0.4 is 0 Å². The van der Waals surface area contributed by atoms with Gasteiger partial charge in [-0.15, -0.1) is 0 Å². The normalized spacial score (nSPS) is 28.3. The van der Waals surface area contributed by atoms with Crippen LogP contribution >= 0.6 is 0 Å². The van der Waals surface area contributed by atoms with Gasteiger partial charge in [-0.3, -0.25) is 19.2 Å². The van der Waals surface area contributed by atoms with Gasteiger partial charge in [-0.1, -0.05) is 0 Å². The highest BCUT2D eigenvalue weighted by atomic mass is 16.6. The van der Waals surface area contributed by atoms with Crippen LogP contribution in [0.2, 0.25) is 0 Å². The molecule has 5 unspecified atom stereocenters. The van der Waals surface area contributed by atoms with Gasteiger partial charge in [-0.05, 0) is 13.8 Å². The Morgan fingerprint density at radius 3 is 2.30 bits per heavy atom. The van der Waals surface area contributed by atoms with E-state index in [1.165, 1.54) is 20.8 Å². The van der Waals surface area contributed by atoms with Crippen molar-refractivity contribution in [3.63, 3.8) is 0 Å². The molecule has 152 valence electrons. The monoisotopic (exact) mass is 386 g/mol. The third-order valence-electron chi connectivity index (χ3n) is 4.49. The predicted octanol–water partition coefficient (Wildman–Crippen LogP) is 0.912. The summed E-state index contributed by atoms with van der Waals surface area (Å²) < 4.78 is 27.2. The van der Waals surface area contributed by atoms with E-state index < -0.39 is 47.9 Å². The van der Waals surface area contributed by atoms with E-state index in [2.05, 4.69) is 0 Å². The first kappa shape index (κ1) is 21.1. The minimum absolute atomic E-state index is 0.101. The molecule has 0 N–H and O–H groups in total. The van der Waals surface area contributed by atoms with Gasteiger partial charge >= 0.3 is 23.9 Å². The fraction of sp³-hybridized carbons (Fsp3) is 0.778. The van der Waals surface area contributed by atoms with E-state index in [0.29, 0.717) is 6.42 Å². The molecule has 0 aromatic carbocycles. The second kappa shape index (κ2) is 8.24. The predicted molar refractivity (Wildman–Crippen MR) is 89.3 cm³/mol. The molecule has 9 nitrogen and oxygen atoms in total. The summed E-state index contributed by atoms with van der Waals surface area (Å²) in [6.07, 6.45) is -2.71. The number of esters is 4. The quantitative estimate of drug-likeness (QED) is 0.485. The number of hydrogen-bond acceptors (Lipinski definition) is 9. The Morgan fingerprint density at radius 1 is 1.11 bits per heavy atom. The van der Waals surface area contributed by atoms with Crippen LogP contribution in [0, 0.1) is 5.92 Å². The average molecular weight is 386 g/mol. The molecular weight excluding hydrogens is 360 g/mol. The molecule has 9 heteroatoms. The second-order valence-corrected chi connectivity index (χ2v) is 7.47. The molecule has 2 aliphatic rings. The summed E-state index contributed by atoms with van der Waals surface area (Å²) in [4.78, 5) is 46.3. The van der Waals surface area contributed by atoms with Gasteiger partial charge in [0, 0.05) is 33.1 Å². The van der Waals surface area contributed by atoms with Gasteiger partial charge in [-0.25, -0.2) is 0 Å². The van der Waals surface area contributed by atoms with E-state index in [0.717, 1.165) is 0 Å². The summed E-state index contributed by atoms with van der Waals surface area (Å²) in [5.74, 6) is -2.55. The van der Waals surface area contributed by atoms with E-state index in [9.17, 15) is 19.2 Å². The smallest absolute Gasteiger partial charge is 0.306 e. The van der Waals surface area contributed by atoms with Gasteiger partial charge in [-0.2, -0.15) is 0 Å². The summed E-state index contributed by atoms with van der Waals surface area (Å²) in [5, 5.41) is 0. The molecule has 2 saturated heterocycles. The van der Waals surface area contributed by atoms with Gasteiger partial charge in [0.2, 0.25) is 0 Å². The van der Waals surface area contributed by atoms with Crippen LogP contribution in [0.25, 0.3) is 0 Å². The molecule has 2 heterocycles. The van der Waals surface area contributed by atoms with Crippen molar-refractivity contribution in [3.8, 4) is 0 Å². The molecular formula is C18H26O9. The Kier molecular flexibility index (Phi) is 6.46. The number of rotatable bonds is 6. The molecule has 2 rings (SSSR count). The van der Waals surface area contributed by atoms with Crippen LogP contribution in [0.4, 0.5) is 0 Å². The fourth-order valence-corrected chi connectivity index (χ4v) is 3.60. The second-order valence-electron chi connectivity index (χ2n) is 7.47. The molecule has 5 atom stereocenters. The fourth-order valence-electron chi connectivity index (χ4n) is 3.60. The zero-order valence-electron chi connectivity index (χ0n) is 16.2. The highest BCUT2D eigenvalue weighted by Gasteiger charge is 2.54. The van der Waals surface area contributed by atoms with Crippen molar-refractivity contribution in [2.75, 3.05) is 6.61 Å². The Hall–Kier alpha value is -2.16. The summed E-state index contributed by atoms with van der Waals surface area (Å²) in [5.41, 5.74) is -0.656. The lowest BCUT2D eigenvalue weighted by Gasteiger charge is -2.45. The van der Waals surface area contributed by atoms with Crippen molar-refractivity contribution in [1.29, 1.82) is 0 Å². The maximum atomic E-state index is 11.8. The van der Waals surface area contributed by atoms with Gasteiger partial charge in [0.1, 0.15) is 18.8 Å². The van der Waals surface area contributed by atoms with Gasteiger partial charge in [0.25, 0.3) is 0 Å². The number of hydrogen-bond donors (Lipinski definition) is 0. The molecule has 0 saturated carbocycles. The number of carbonyl (C=O) groups excluding carboxylic acids is 4. The zero-order chi connectivity index (χ0) is 20.4. The van der Waals surface area contributed by atoms with Crippen molar-refractivity contribution >= 4 is 23.9 Å². The lowest BCUT2D eigenvalue weighted by Crippen LogP contribution is -2.57. The Labute approximate surface area is 157 Å². The van der Waals surface area contributed by atoms with Crippen molar-refractivity contribution in [2.24, 2.45) is 5.92 Å². The summed E-state index contributed by atoms with van der Waals surface area (Å²) in [6.45, 7) is 6.98. The van der Waals surface area contributed by atoms with E-state index in [1.807, 2.05) is 13.8 Å². The first-order valence-corrected chi connectivity index (χ1v) is 8.83. The molecule has 0 radical (unpaired) electrons. The third kappa shape index (κ3) is 5.66. The van der Waals surface area contributed by atoms with Crippen LogP contribution in [0.5, 0.6) is 0 Å². The molecule has 0 aromatic rings. The summed E-state index contributed by atoms with van der Waals surface area (Å²) in [6, 6.07) is 0. The van der Waals surface area contributed by atoms with Crippen LogP contribution in [0.3, 0.4) is 0 Å². The molecule has 0 amide bonds. The molecule has 2 fully saturated rings. The molecule has 0 spiro atoms. The maximum Gasteiger partial charge on any atom is 0.306 e. The van der Waals surface area contributed by atoms with E-state index in [1.54, 1.807) is 0 Å². The molecule has 0 aromatic heterocycles. The lowest BCUT2D eigenvalue weighted by molar-refractivity contribution is -0.229. The first-order chi connectivity index (χ1) is 12.5. The van der Waals surface area contributed by atoms with E-state index in [4.69, 9.17) is 23.7 Å². The Balaban J connectivity index is 2.35. The number of fused-ring (bicyclic) bond motifs is 1. The molecule has 0 aliphatic carbocycles. The topological polar surface area (TPSA) is 114 Å². The van der Waals surface area contributed by atoms with Gasteiger partial charge in [0.05, 0.1) is 12.0 Å². The van der Waals surface area contributed by atoms with Crippen LogP contribution in [-0.2, 0) is 42.9 Å². The number of ether oxygens (including phenoxy) is 5.